The summed E-state index contributed by atoms with van der Waals surface area (Å²) < 4.78 is 0. The standard InChI is InChI=1S/C14H25N3S/c1-5-8-17-9-6-14(15-4,7-10-17)13-16-11(2)12(3)18-13/h15H,5-10H2,1-4H3. The van der Waals surface area contributed by atoms with E-state index >= 15 is 0 Å². The Morgan fingerprint density at radius 2 is 2.00 bits per heavy atom. The lowest BCUT2D eigenvalue weighted by Crippen LogP contribution is -2.49. The van der Waals surface area contributed by atoms with E-state index in [1.54, 1.807) is 0 Å². The maximum atomic E-state index is 4.79. The van der Waals surface area contributed by atoms with Crippen LogP contribution in [0.4, 0.5) is 0 Å². The molecule has 0 spiro atoms. The average molecular weight is 267 g/mol. The SMILES string of the molecule is CCCN1CCC(NC)(c2nc(C)c(C)s2)CC1. The molecule has 1 N–H and O–H groups in total. The van der Waals surface area contributed by atoms with E-state index in [0.29, 0.717) is 0 Å². The highest BCUT2D eigenvalue weighted by molar-refractivity contribution is 7.11. The molecule has 0 saturated carbocycles. The molecule has 2 heterocycles. The van der Waals surface area contributed by atoms with Gasteiger partial charge in [-0.3, -0.25) is 0 Å². The molecule has 1 aromatic heterocycles. The van der Waals surface area contributed by atoms with E-state index in [2.05, 4.69) is 38.0 Å². The summed E-state index contributed by atoms with van der Waals surface area (Å²) in [6.45, 7) is 10.2. The number of piperidine rings is 1. The number of nitrogens with zero attached hydrogens (tertiary/aromatic N) is 2. The van der Waals surface area contributed by atoms with Crippen molar-refractivity contribution in [2.24, 2.45) is 0 Å². The first-order valence-electron chi connectivity index (χ1n) is 6.97. The summed E-state index contributed by atoms with van der Waals surface area (Å²) in [6.07, 6.45) is 3.60. The lowest BCUT2D eigenvalue weighted by atomic mass is 9.88. The molecule has 1 saturated heterocycles. The first-order chi connectivity index (χ1) is 8.61. The lowest BCUT2D eigenvalue weighted by molar-refractivity contribution is 0.140. The molecular formula is C14H25N3S. The summed E-state index contributed by atoms with van der Waals surface area (Å²) in [7, 11) is 2.08. The summed E-state index contributed by atoms with van der Waals surface area (Å²) in [5.41, 5.74) is 1.31. The van der Waals surface area contributed by atoms with Gasteiger partial charge >= 0.3 is 0 Å². The molecule has 3 nitrogen and oxygen atoms in total. The molecule has 1 aliphatic rings. The minimum atomic E-state index is 0.119. The molecule has 0 aliphatic carbocycles. The minimum Gasteiger partial charge on any atom is -0.308 e. The number of likely N-dealkylation sites (tertiary alicyclic amines) is 1. The molecule has 1 aromatic rings. The predicted molar refractivity (Wildman–Crippen MR) is 78.3 cm³/mol. The van der Waals surface area contributed by atoms with E-state index in [-0.39, 0.29) is 5.54 Å². The maximum absolute atomic E-state index is 4.79. The highest BCUT2D eigenvalue weighted by Crippen LogP contribution is 2.36. The second-order valence-electron chi connectivity index (χ2n) is 5.33. The second kappa shape index (κ2) is 5.68. The fourth-order valence-electron chi connectivity index (χ4n) is 2.72. The van der Waals surface area contributed by atoms with Gasteiger partial charge in [0, 0.05) is 18.0 Å². The first kappa shape index (κ1) is 14.0. The third-order valence-corrected chi connectivity index (χ3v) is 5.44. The van der Waals surface area contributed by atoms with Crippen molar-refractivity contribution in [1.82, 2.24) is 15.2 Å². The zero-order valence-electron chi connectivity index (χ0n) is 12.0. The van der Waals surface area contributed by atoms with Crippen LogP contribution in [0.5, 0.6) is 0 Å². The quantitative estimate of drug-likeness (QED) is 0.909. The highest BCUT2D eigenvalue weighted by Gasteiger charge is 2.37. The molecule has 1 aliphatic heterocycles. The number of aryl methyl sites for hydroxylation is 2. The minimum absolute atomic E-state index is 0.119. The van der Waals surface area contributed by atoms with Crippen LogP contribution in [-0.4, -0.2) is 36.6 Å². The topological polar surface area (TPSA) is 28.2 Å². The summed E-state index contributed by atoms with van der Waals surface area (Å²) in [5.74, 6) is 0. The van der Waals surface area contributed by atoms with Crippen LogP contribution in [0.25, 0.3) is 0 Å². The van der Waals surface area contributed by atoms with Gasteiger partial charge < -0.3 is 10.2 Å². The van der Waals surface area contributed by atoms with E-state index < -0.39 is 0 Å². The van der Waals surface area contributed by atoms with E-state index in [4.69, 9.17) is 4.98 Å². The summed E-state index contributed by atoms with van der Waals surface area (Å²) in [6, 6.07) is 0. The summed E-state index contributed by atoms with van der Waals surface area (Å²) >= 11 is 1.87. The molecule has 4 heteroatoms. The van der Waals surface area contributed by atoms with Crippen LogP contribution in [0, 0.1) is 13.8 Å². The summed E-state index contributed by atoms with van der Waals surface area (Å²) in [5, 5.41) is 4.85. The van der Waals surface area contributed by atoms with E-state index in [1.807, 2.05) is 11.3 Å². The maximum Gasteiger partial charge on any atom is 0.113 e. The summed E-state index contributed by atoms with van der Waals surface area (Å²) in [4.78, 5) is 8.71. The van der Waals surface area contributed by atoms with Gasteiger partial charge in [0.05, 0.1) is 11.2 Å². The Bertz CT molecular complexity index is 372. The fourth-order valence-corrected chi connectivity index (χ4v) is 3.89. The molecule has 0 radical (unpaired) electrons. The molecule has 0 bridgehead atoms. The largest absolute Gasteiger partial charge is 0.308 e. The monoisotopic (exact) mass is 267 g/mol. The number of hydrogen-bond acceptors (Lipinski definition) is 4. The Morgan fingerprint density at radius 1 is 1.33 bits per heavy atom. The zero-order chi connectivity index (χ0) is 13.2. The molecule has 1 fully saturated rings. The Kier molecular flexibility index (Phi) is 4.41. The average Bonchev–Trinajstić information content (AvgIpc) is 2.72. The zero-order valence-corrected chi connectivity index (χ0v) is 12.9. The van der Waals surface area contributed by atoms with Crippen molar-refractivity contribution in [2.45, 2.75) is 45.6 Å². The first-order valence-corrected chi connectivity index (χ1v) is 7.78. The number of thiazole rings is 1. The molecule has 0 unspecified atom stereocenters. The van der Waals surface area contributed by atoms with Gasteiger partial charge in [-0.2, -0.15) is 0 Å². The Morgan fingerprint density at radius 3 is 2.44 bits per heavy atom. The van der Waals surface area contributed by atoms with Gasteiger partial charge in [0.25, 0.3) is 0 Å². The number of rotatable bonds is 4. The van der Waals surface area contributed by atoms with Crippen molar-refractivity contribution in [3.63, 3.8) is 0 Å². The number of aromatic nitrogens is 1. The van der Waals surface area contributed by atoms with Crippen molar-refractivity contribution < 1.29 is 0 Å². The third kappa shape index (κ3) is 2.60. The molecule has 18 heavy (non-hydrogen) atoms. The molecule has 0 aromatic carbocycles. The van der Waals surface area contributed by atoms with Crippen LogP contribution < -0.4 is 5.32 Å². The van der Waals surface area contributed by atoms with Crippen LogP contribution in [0.15, 0.2) is 0 Å². The van der Waals surface area contributed by atoms with Gasteiger partial charge in [-0.15, -0.1) is 11.3 Å². The van der Waals surface area contributed by atoms with Crippen molar-refractivity contribution in [3.8, 4) is 0 Å². The Balaban J connectivity index is 2.13. The van der Waals surface area contributed by atoms with Crippen molar-refractivity contribution in [3.05, 3.63) is 15.6 Å². The van der Waals surface area contributed by atoms with E-state index in [1.165, 1.54) is 54.5 Å². The third-order valence-electron chi connectivity index (χ3n) is 4.17. The lowest BCUT2D eigenvalue weighted by Gasteiger charge is -2.40. The van der Waals surface area contributed by atoms with Crippen molar-refractivity contribution in [1.29, 1.82) is 0 Å². The molecule has 2 rings (SSSR count). The Labute approximate surface area is 115 Å². The van der Waals surface area contributed by atoms with Gasteiger partial charge in [0.1, 0.15) is 5.01 Å². The van der Waals surface area contributed by atoms with Crippen molar-refractivity contribution >= 4 is 11.3 Å². The van der Waals surface area contributed by atoms with Crippen LogP contribution in [0.2, 0.25) is 0 Å². The van der Waals surface area contributed by atoms with Crippen LogP contribution in [0.1, 0.15) is 41.8 Å². The molecule has 0 amide bonds. The van der Waals surface area contributed by atoms with Crippen LogP contribution in [-0.2, 0) is 5.54 Å². The van der Waals surface area contributed by atoms with Crippen LogP contribution in [0.3, 0.4) is 0 Å². The van der Waals surface area contributed by atoms with Gasteiger partial charge in [-0.25, -0.2) is 4.98 Å². The normalized spacial score (nSPS) is 20.2. The van der Waals surface area contributed by atoms with E-state index in [0.717, 1.165) is 0 Å². The molecule has 0 atom stereocenters. The van der Waals surface area contributed by atoms with Crippen LogP contribution >= 0.6 is 11.3 Å². The molecule has 102 valence electrons. The predicted octanol–water partition coefficient (Wildman–Crippen LogP) is 2.68. The van der Waals surface area contributed by atoms with E-state index in [9.17, 15) is 0 Å². The van der Waals surface area contributed by atoms with Gasteiger partial charge in [-0.1, -0.05) is 6.92 Å². The second-order valence-corrected chi connectivity index (χ2v) is 6.54. The van der Waals surface area contributed by atoms with Crippen molar-refractivity contribution in [2.75, 3.05) is 26.7 Å². The smallest absolute Gasteiger partial charge is 0.113 e. The number of hydrogen-bond donors (Lipinski definition) is 1. The van der Waals surface area contributed by atoms with Gasteiger partial charge in [-0.05, 0) is 46.7 Å². The molecular weight excluding hydrogens is 242 g/mol. The fraction of sp³-hybridized carbons (Fsp3) is 0.786. The van der Waals surface area contributed by atoms with Gasteiger partial charge in [0.15, 0.2) is 0 Å². The highest BCUT2D eigenvalue weighted by atomic mass is 32.1. The number of nitrogens with one attached hydrogen (secondary N) is 1. The van der Waals surface area contributed by atoms with Gasteiger partial charge in [0.2, 0.25) is 0 Å². The Hall–Kier alpha value is -0.450.